The summed E-state index contributed by atoms with van der Waals surface area (Å²) in [4.78, 5) is 27.0. The molecule has 0 aromatic heterocycles. The average molecular weight is 561 g/mol. The van der Waals surface area contributed by atoms with E-state index in [2.05, 4.69) is 5.32 Å². The number of halogens is 6. The summed E-state index contributed by atoms with van der Waals surface area (Å²) in [7, 11) is 0.834. The van der Waals surface area contributed by atoms with Gasteiger partial charge >= 0.3 is 11.7 Å². The van der Waals surface area contributed by atoms with Crippen LogP contribution >= 0.6 is 11.8 Å². The largest absolute Gasteiger partial charge is 0.446 e. The lowest BCUT2D eigenvalue weighted by molar-refractivity contribution is -0.271. The lowest BCUT2D eigenvalue weighted by Gasteiger charge is -2.50. The third kappa shape index (κ3) is 5.25. The van der Waals surface area contributed by atoms with Gasteiger partial charge < -0.3 is 15.0 Å². The molecule has 5 nitrogen and oxygen atoms in total. The summed E-state index contributed by atoms with van der Waals surface area (Å²) in [5, 5.41) is 2.72. The van der Waals surface area contributed by atoms with Crippen LogP contribution in [0.3, 0.4) is 0 Å². The minimum absolute atomic E-state index is 0.00189. The molecule has 2 heterocycles. The van der Waals surface area contributed by atoms with Crippen molar-refractivity contribution in [1.82, 2.24) is 10.2 Å². The molecule has 4 rings (SSSR count). The van der Waals surface area contributed by atoms with Gasteiger partial charge in [-0.05, 0) is 41.6 Å². The summed E-state index contributed by atoms with van der Waals surface area (Å²) in [5.74, 6) is -2.06. The highest BCUT2D eigenvalue weighted by Gasteiger charge is 2.64. The first kappa shape index (κ1) is 28.3. The summed E-state index contributed by atoms with van der Waals surface area (Å²) in [6, 6.07) is 12.7. The number of nitrogens with zero attached hydrogens (tertiary/aromatic N) is 1. The van der Waals surface area contributed by atoms with E-state index in [-0.39, 0.29) is 67.0 Å². The Morgan fingerprint density at radius 3 is 2.18 bits per heavy atom. The zero-order chi connectivity index (χ0) is 27.8. The Kier molecular flexibility index (Phi) is 7.77. The topological polar surface area (TPSA) is 58.6 Å². The van der Waals surface area contributed by atoms with Gasteiger partial charge in [0.2, 0.25) is 5.91 Å². The summed E-state index contributed by atoms with van der Waals surface area (Å²) >= 11 is -0.237. The molecule has 12 heteroatoms. The molecule has 2 aromatic rings. The van der Waals surface area contributed by atoms with E-state index in [4.69, 9.17) is 4.74 Å². The van der Waals surface area contributed by atoms with Gasteiger partial charge in [-0.1, -0.05) is 48.5 Å². The molecule has 0 aliphatic carbocycles. The molecule has 1 spiro atoms. The number of hydrogen-bond donors (Lipinski definition) is 1. The van der Waals surface area contributed by atoms with Crippen LogP contribution in [-0.4, -0.2) is 55.1 Å². The maximum Gasteiger partial charge on any atom is 0.446 e. The summed E-state index contributed by atoms with van der Waals surface area (Å²) < 4.78 is 87.9. The van der Waals surface area contributed by atoms with Crippen LogP contribution in [-0.2, 0) is 19.9 Å². The molecule has 0 radical (unpaired) electrons. The molecule has 0 bridgehead atoms. The van der Waals surface area contributed by atoms with Crippen LogP contribution < -0.4 is 5.32 Å². The number of hydrogen-bond acceptors (Lipinski definition) is 4. The smallest absolute Gasteiger partial charge is 0.356 e. The van der Waals surface area contributed by atoms with Gasteiger partial charge in [0.25, 0.3) is 11.5 Å². The van der Waals surface area contributed by atoms with Crippen molar-refractivity contribution in [2.75, 3.05) is 26.7 Å². The number of alkyl halides is 6. The van der Waals surface area contributed by atoms with Crippen molar-refractivity contribution in [3.63, 3.8) is 0 Å². The van der Waals surface area contributed by atoms with Gasteiger partial charge in [-0.2, -0.15) is 26.3 Å². The van der Waals surface area contributed by atoms with Crippen LogP contribution in [0.5, 0.6) is 0 Å². The van der Waals surface area contributed by atoms with Crippen molar-refractivity contribution in [3.8, 4) is 0 Å². The molecule has 2 aromatic carbocycles. The first-order chi connectivity index (χ1) is 17.8. The second-order valence-electron chi connectivity index (χ2n) is 9.52. The lowest BCUT2D eigenvalue weighted by Crippen LogP contribution is -2.60. The van der Waals surface area contributed by atoms with Crippen LogP contribution in [0.4, 0.5) is 26.3 Å². The number of carbonyl (C=O) groups is 2. The first-order valence-electron chi connectivity index (χ1n) is 11.9. The zero-order valence-corrected chi connectivity index (χ0v) is 21.2. The van der Waals surface area contributed by atoms with Gasteiger partial charge in [-0.25, -0.2) is 0 Å². The van der Waals surface area contributed by atoms with Crippen molar-refractivity contribution in [2.24, 2.45) is 5.41 Å². The highest BCUT2D eigenvalue weighted by atomic mass is 32.2. The molecule has 206 valence electrons. The quantitative estimate of drug-likeness (QED) is 0.381. The number of nitrogens with one attached hydrogen (secondary N) is 1. The number of benzene rings is 2. The van der Waals surface area contributed by atoms with Crippen molar-refractivity contribution in [2.45, 2.75) is 47.4 Å². The third-order valence-corrected chi connectivity index (χ3v) is 8.33. The Morgan fingerprint density at radius 1 is 1.00 bits per heavy atom. The monoisotopic (exact) mass is 560 g/mol. The second kappa shape index (κ2) is 10.4. The summed E-state index contributed by atoms with van der Waals surface area (Å²) in [5.41, 5.74) is -8.48. The van der Waals surface area contributed by atoms with Crippen LogP contribution in [0, 0.1) is 5.41 Å². The predicted octanol–water partition coefficient (Wildman–Crippen LogP) is 5.62. The Labute approximate surface area is 219 Å². The van der Waals surface area contributed by atoms with Gasteiger partial charge in [0.1, 0.15) is 0 Å². The Hall–Kier alpha value is -2.73. The van der Waals surface area contributed by atoms with Gasteiger partial charge in [0, 0.05) is 49.5 Å². The van der Waals surface area contributed by atoms with E-state index in [1.807, 2.05) is 0 Å². The molecule has 0 saturated carbocycles. The van der Waals surface area contributed by atoms with Gasteiger partial charge in [0.05, 0.1) is 0 Å². The van der Waals surface area contributed by atoms with Crippen molar-refractivity contribution in [1.29, 1.82) is 0 Å². The van der Waals surface area contributed by atoms with E-state index < -0.39 is 34.5 Å². The Bertz CT molecular complexity index is 1170. The highest BCUT2D eigenvalue weighted by Crippen LogP contribution is 2.53. The summed E-state index contributed by atoms with van der Waals surface area (Å²) in [6.45, 7) is -0.118. The molecule has 2 atom stereocenters. The van der Waals surface area contributed by atoms with E-state index in [9.17, 15) is 35.9 Å². The molecule has 2 amide bonds. The number of thioether (sulfide) groups is 1. The van der Waals surface area contributed by atoms with Crippen LogP contribution in [0.25, 0.3) is 0 Å². The molecule has 2 aliphatic heterocycles. The van der Waals surface area contributed by atoms with Gasteiger partial charge in [-0.3, -0.25) is 9.59 Å². The molecule has 1 N–H and O–H groups in total. The number of methoxy groups -OCH3 is 1. The molecular formula is C26H26F6N2O3S. The SMILES string of the molecule is CO[C@@](C(=O)N1CCC2(CC1)CC(=O)NCC2c1ccccc1SC(F)(F)F)(c1ccccc1)C(F)(F)F. The van der Waals surface area contributed by atoms with E-state index in [1.165, 1.54) is 42.5 Å². The van der Waals surface area contributed by atoms with Crippen LogP contribution in [0.2, 0.25) is 0 Å². The fourth-order valence-electron chi connectivity index (χ4n) is 5.67. The molecule has 38 heavy (non-hydrogen) atoms. The standard InChI is InChI=1S/C26H26F6N2O3S/c1-37-24(25(27,28)29,17-7-3-2-4-8-17)22(36)34-13-11-23(12-14-34)15-21(35)33-16-19(23)18-9-5-6-10-20(18)38-26(30,31)32/h2-10,19H,11-16H2,1H3,(H,33,35)/t19?,24-/m1/s1. The number of piperidine rings is 2. The van der Waals surface area contributed by atoms with Crippen molar-refractivity contribution < 1.29 is 40.7 Å². The second-order valence-corrected chi connectivity index (χ2v) is 10.6. The number of ether oxygens (including phenoxy) is 1. The van der Waals surface area contributed by atoms with E-state index in [1.54, 1.807) is 12.1 Å². The fraction of sp³-hybridized carbons (Fsp3) is 0.462. The van der Waals surface area contributed by atoms with Gasteiger partial charge in [0.15, 0.2) is 0 Å². The van der Waals surface area contributed by atoms with E-state index >= 15 is 0 Å². The van der Waals surface area contributed by atoms with Crippen molar-refractivity contribution in [3.05, 3.63) is 65.7 Å². The highest BCUT2D eigenvalue weighted by molar-refractivity contribution is 8.00. The zero-order valence-electron chi connectivity index (χ0n) is 20.4. The molecule has 2 aliphatic rings. The fourth-order valence-corrected chi connectivity index (χ4v) is 6.39. The molecule has 2 fully saturated rings. The predicted molar refractivity (Wildman–Crippen MR) is 128 cm³/mol. The maximum atomic E-state index is 14.4. The van der Waals surface area contributed by atoms with Crippen LogP contribution in [0.15, 0.2) is 59.5 Å². The summed E-state index contributed by atoms with van der Waals surface area (Å²) in [6.07, 6.45) is -4.77. The van der Waals surface area contributed by atoms with E-state index in [0.29, 0.717) is 5.56 Å². The normalized spacial score (nSPS) is 21.6. The Balaban J connectivity index is 1.64. The van der Waals surface area contributed by atoms with Gasteiger partial charge in [-0.15, -0.1) is 0 Å². The number of likely N-dealkylation sites (tertiary alicyclic amines) is 1. The molecular weight excluding hydrogens is 534 g/mol. The molecule has 2 saturated heterocycles. The average Bonchev–Trinajstić information content (AvgIpc) is 2.85. The molecule has 1 unspecified atom stereocenters. The minimum atomic E-state index is -5.06. The Morgan fingerprint density at radius 2 is 1.61 bits per heavy atom. The maximum absolute atomic E-state index is 14.4. The lowest BCUT2D eigenvalue weighted by atomic mass is 9.62. The number of rotatable bonds is 5. The third-order valence-electron chi connectivity index (χ3n) is 7.51. The van der Waals surface area contributed by atoms with Crippen LogP contribution in [0.1, 0.15) is 36.3 Å². The minimum Gasteiger partial charge on any atom is -0.356 e. The first-order valence-corrected chi connectivity index (χ1v) is 12.7. The number of amides is 2. The van der Waals surface area contributed by atoms with E-state index in [0.717, 1.165) is 12.0 Å². The van der Waals surface area contributed by atoms with Crippen molar-refractivity contribution >= 4 is 23.6 Å². The number of carbonyl (C=O) groups excluding carboxylic acids is 2.